The van der Waals surface area contributed by atoms with Gasteiger partial charge in [-0.3, -0.25) is 0 Å². The van der Waals surface area contributed by atoms with Crippen LogP contribution in [0.4, 0.5) is 19.3 Å². The van der Waals surface area contributed by atoms with Gasteiger partial charge in [0.25, 0.3) is 0 Å². The summed E-state index contributed by atoms with van der Waals surface area (Å²) in [6.07, 6.45) is -1.76. The van der Waals surface area contributed by atoms with E-state index in [4.69, 9.17) is 4.74 Å². The van der Waals surface area contributed by atoms with E-state index < -0.39 is 33.8 Å². The van der Waals surface area contributed by atoms with Crippen molar-refractivity contribution in [2.75, 3.05) is 31.6 Å². The second-order valence-corrected chi connectivity index (χ2v) is 9.05. The molecule has 2 saturated heterocycles. The molecule has 2 fully saturated rings. The van der Waals surface area contributed by atoms with Gasteiger partial charge in [0, 0.05) is 25.2 Å². The van der Waals surface area contributed by atoms with Gasteiger partial charge in [-0.15, -0.1) is 0 Å². The number of halogens is 2. The number of ether oxygens (including phenoxy) is 1. The maximum Gasteiger partial charge on any atom is 0.321 e. The summed E-state index contributed by atoms with van der Waals surface area (Å²) in [7, 11) is -4.10. The Hall–Kier alpha value is -2.56. The molecule has 10 heteroatoms. The SMILES string of the molecule is O=C(Nc1ccccc1)N1CC[C@]2(OCCN2S(=O)(=O)c2ccc(F)cc2)[C@@H](F)C1. The van der Waals surface area contributed by atoms with Crippen molar-refractivity contribution in [3.05, 3.63) is 60.4 Å². The summed E-state index contributed by atoms with van der Waals surface area (Å²) in [4.78, 5) is 13.7. The molecule has 2 aliphatic heterocycles. The zero-order valence-corrected chi connectivity index (χ0v) is 16.8. The number of likely N-dealkylation sites (tertiary alicyclic amines) is 1. The van der Waals surface area contributed by atoms with E-state index in [0.29, 0.717) is 5.69 Å². The first-order valence-corrected chi connectivity index (χ1v) is 10.9. The molecule has 0 saturated carbocycles. The van der Waals surface area contributed by atoms with Crippen LogP contribution in [0.5, 0.6) is 0 Å². The highest BCUT2D eigenvalue weighted by Crippen LogP contribution is 2.40. The predicted octanol–water partition coefficient (Wildman–Crippen LogP) is 2.82. The molecule has 2 atom stereocenters. The molecule has 2 aromatic carbocycles. The number of anilines is 1. The lowest BCUT2D eigenvalue weighted by atomic mass is 9.99. The Bertz CT molecular complexity index is 1020. The summed E-state index contributed by atoms with van der Waals surface area (Å²) in [5.74, 6) is -0.567. The van der Waals surface area contributed by atoms with Crippen LogP contribution in [0, 0.1) is 5.82 Å². The third kappa shape index (κ3) is 3.66. The highest BCUT2D eigenvalue weighted by atomic mass is 32.2. The average Bonchev–Trinajstić information content (AvgIpc) is 3.17. The van der Waals surface area contributed by atoms with Crippen molar-refractivity contribution in [1.29, 1.82) is 0 Å². The number of sulfonamides is 1. The zero-order valence-electron chi connectivity index (χ0n) is 16.0. The van der Waals surface area contributed by atoms with E-state index in [9.17, 15) is 17.6 Å². The van der Waals surface area contributed by atoms with Crippen molar-refractivity contribution in [2.24, 2.45) is 0 Å². The Morgan fingerprint density at radius 1 is 1.10 bits per heavy atom. The summed E-state index contributed by atoms with van der Waals surface area (Å²) in [6.45, 7) is -0.171. The summed E-state index contributed by atoms with van der Waals surface area (Å²) in [5.41, 5.74) is -1.10. The third-order valence-corrected chi connectivity index (χ3v) is 7.33. The number of urea groups is 1. The van der Waals surface area contributed by atoms with Crippen LogP contribution in [0.3, 0.4) is 0 Å². The van der Waals surface area contributed by atoms with Crippen molar-refractivity contribution in [3.63, 3.8) is 0 Å². The topological polar surface area (TPSA) is 79.0 Å². The number of benzene rings is 2. The van der Waals surface area contributed by atoms with Crippen molar-refractivity contribution in [1.82, 2.24) is 9.21 Å². The molecular weight excluding hydrogens is 416 g/mol. The van der Waals surface area contributed by atoms with Crippen LogP contribution in [-0.2, 0) is 14.8 Å². The molecule has 1 spiro atoms. The molecule has 30 heavy (non-hydrogen) atoms. The van der Waals surface area contributed by atoms with Crippen LogP contribution in [0.2, 0.25) is 0 Å². The van der Waals surface area contributed by atoms with Crippen LogP contribution in [0.1, 0.15) is 6.42 Å². The molecule has 0 aliphatic carbocycles. The summed E-state index contributed by atoms with van der Waals surface area (Å²) in [5, 5.41) is 2.70. The van der Waals surface area contributed by atoms with Gasteiger partial charge in [-0.2, -0.15) is 4.31 Å². The molecule has 2 heterocycles. The van der Waals surface area contributed by atoms with Crippen LogP contribution >= 0.6 is 0 Å². The molecule has 4 rings (SSSR count). The number of hydrogen-bond donors (Lipinski definition) is 1. The van der Waals surface area contributed by atoms with E-state index >= 15 is 4.39 Å². The van der Waals surface area contributed by atoms with Gasteiger partial charge in [0.1, 0.15) is 5.82 Å². The summed E-state index contributed by atoms with van der Waals surface area (Å²) < 4.78 is 61.3. The number of para-hydroxylation sites is 1. The van der Waals surface area contributed by atoms with Gasteiger partial charge in [-0.1, -0.05) is 18.2 Å². The second kappa shape index (κ2) is 7.93. The van der Waals surface area contributed by atoms with Crippen molar-refractivity contribution < 1.29 is 26.7 Å². The minimum Gasteiger partial charge on any atom is -0.355 e. The van der Waals surface area contributed by atoms with Crippen molar-refractivity contribution in [2.45, 2.75) is 23.2 Å². The number of nitrogens with zero attached hydrogens (tertiary/aromatic N) is 2. The maximum atomic E-state index is 15.3. The molecule has 160 valence electrons. The van der Waals surface area contributed by atoms with E-state index in [1.165, 1.54) is 4.90 Å². The van der Waals surface area contributed by atoms with Crippen LogP contribution < -0.4 is 5.32 Å². The van der Waals surface area contributed by atoms with E-state index in [2.05, 4.69) is 5.32 Å². The maximum absolute atomic E-state index is 15.3. The van der Waals surface area contributed by atoms with Gasteiger partial charge in [-0.05, 0) is 36.4 Å². The quantitative estimate of drug-likeness (QED) is 0.801. The smallest absolute Gasteiger partial charge is 0.321 e. The van der Waals surface area contributed by atoms with Crippen LogP contribution in [0.25, 0.3) is 0 Å². The first kappa shape index (κ1) is 20.7. The van der Waals surface area contributed by atoms with Gasteiger partial charge in [0.05, 0.1) is 18.0 Å². The molecule has 0 unspecified atom stereocenters. The minimum atomic E-state index is -4.10. The van der Waals surface area contributed by atoms with E-state index in [0.717, 1.165) is 28.6 Å². The van der Waals surface area contributed by atoms with Crippen LogP contribution in [0.15, 0.2) is 59.5 Å². The number of alkyl halides is 1. The van der Waals surface area contributed by atoms with Gasteiger partial charge in [-0.25, -0.2) is 22.0 Å². The summed E-state index contributed by atoms with van der Waals surface area (Å²) >= 11 is 0. The lowest BCUT2D eigenvalue weighted by Crippen LogP contribution is -2.63. The molecule has 0 bridgehead atoms. The zero-order chi connectivity index (χ0) is 21.4. The fourth-order valence-corrected chi connectivity index (χ4v) is 5.57. The molecule has 0 aromatic heterocycles. The minimum absolute atomic E-state index is 0.0171. The molecule has 0 radical (unpaired) electrons. The Morgan fingerprint density at radius 3 is 2.47 bits per heavy atom. The highest BCUT2D eigenvalue weighted by Gasteiger charge is 2.57. The van der Waals surface area contributed by atoms with Crippen LogP contribution in [-0.4, -0.2) is 61.8 Å². The van der Waals surface area contributed by atoms with Crippen molar-refractivity contribution in [3.8, 4) is 0 Å². The predicted molar refractivity (Wildman–Crippen MR) is 106 cm³/mol. The second-order valence-electron chi connectivity index (χ2n) is 7.18. The number of rotatable bonds is 3. The molecule has 1 N–H and O–H groups in total. The normalized spacial score (nSPS) is 24.9. The Balaban J connectivity index is 1.52. The van der Waals surface area contributed by atoms with E-state index in [1.54, 1.807) is 24.3 Å². The standard InChI is InChI=1S/C20H21F2N3O4S/c21-15-6-8-17(9-7-15)30(27,28)25-12-13-29-20(25)10-11-24(14-18(20)22)19(26)23-16-4-2-1-3-5-16/h1-9,18H,10-14H2,(H,23,26)/t18-,20-/m0/s1. The molecular formula is C20H21F2N3O4S. The average molecular weight is 437 g/mol. The molecule has 7 nitrogen and oxygen atoms in total. The highest BCUT2D eigenvalue weighted by molar-refractivity contribution is 7.89. The van der Waals surface area contributed by atoms with E-state index in [1.807, 2.05) is 6.07 Å². The van der Waals surface area contributed by atoms with Gasteiger partial charge < -0.3 is 15.0 Å². The summed E-state index contributed by atoms with van der Waals surface area (Å²) in [6, 6.07) is 12.7. The first-order chi connectivity index (χ1) is 14.3. The largest absolute Gasteiger partial charge is 0.355 e. The molecule has 2 amide bonds. The molecule has 2 aromatic rings. The van der Waals surface area contributed by atoms with Gasteiger partial charge in [0.2, 0.25) is 10.0 Å². The van der Waals surface area contributed by atoms with Gasteiger partial charge >= 0.3 is 6.03 Å². The number of amides is 2. The van der Waals surface area contributed by atoms with Gasteiger partial charge in [0.15, 0.2) is 11.9 Å². The number of carbonyl (C=O) groups is 1. The third-order valence-electron chi connectivity index (χ3n) is 5.39. The number of nitrogens with one attached hydrogen (secondary N) is 1. The first-order valence-electron chi connectivity index (χ1n) is 9.50. The Morgan fingerprint density at radius 2 is 1.80 bits per heavy atom. The fourth-order valence-electron chi connectivity index (χ4n) is 3.86. The Kier molecular flexibility index (Phi) is 5.48. The lowest BCUT2D eigenvalue weighted by Gasteiger charge is -2.44. The van der Waals surface area contributed by atoms with E-state index in [-0.39, 0.29) is 37.6 Å². The monoisotopic (exact) mass is 437 g/mol. The molecule has 2 aliphatic rings. The number of carbonyl (C=O) groups excluding carboxylic acids is 1. The number of hydrogen-bond acceptors (Lipinski definition) is 4. The lowest BCUT2D eigenvalue weighted by molar-refractivity contribution is -0.134. The fraction of sp³-hybridized carbons (Fsp3) is 0.350. The Labute approximate surface area is 173 Å². The van der Waals surface area contributed by atoms with Crippen molar-refractivity contribution >= 4 is 21.7 Å². The number of piperidine rings is 1.